The molecule has 0 aromatic carbocycles. The Morgan fingerprint density at radius 1 is 1.59 bits per heavy atom. The van der Waals surface area contributed by atoms with E-state index in [2.05, 4.69) is 5.10 Å². The summed E-state index contributed by atoms with van der Waals surface area (Å²) in [6.07, 6.45) is 1.40. The zero-order chi connectivity index (χ0) is 12.4. The minimum atomic E-state index is -0.469. The van der Waals surface area contributed by atoms with Crippen molar-refractivity contribution in [3.63, 3.8) is 0 Å². The monoisotopic (exact) mass is 287 g/mol. The van der Waals surface area contributed by atoms with Gasteiger partial charge in [0.1, 0.15) is 0 Å². The van der Waals surface area contributed by atoms with Gasteiger partial charge in [0.25, 0.3) is 5.91 Å². The third kappa shape index (κ3) is 2.68. The number of nitro groups is 1. The maximum Gasteiger partial charge on any atom is 0.324 e. The highest BCUT2D eigenvalue weighted by Gasteiger charge is 2.26. The summed E-state index contributed by atoms with van der Waals surface area (Å²) in [5, 5.41) is 15.5. The van der Waals surface area contributed by atoms with Crippen LogP contribution in [-0.4, -0.2) is 32.1 Å². The second-order valence-electron chi connectivity index (χ2n) is 2.94. The quantitative estimate of drug-likeness (QED) is 0.367. The molecule has 0 bridgehead atoms. The van der Waals surface area contributed by atoms with Gasteiger partial charge in [-0.15, -0.1) is 0 Å². The molecule has 1 amide bonds. The molecule has 0 radical (unpaired) electrons. The van der Waals surface area contributed by atoms with Crippen molar-refractivity contribution in [1.82, 2.24) is 5.01 Å². The van der Waals surface area contributed by atoms with Crippen LogP contribution >= 0.6 is 35.3 Å². The third-order valence-corrected chi connectivity index (χ3v) is 4.13. The summed E-state index contributed by atoms with van der Waals surface area (Å²) in [4.78, 5) is 21.9. The molecule has 2 rings (SSSR count). The molecule has 88 valence electrons. The van der Waals surface area contributed by atoms with Gasteiger partial charge in [-0.3, -0.25) is 14.9 Å². The molecule has 1 fully saturated rings. The van der Waals surface area contributed by atoms with Gasteiger partial charge in [-0.05, 0) is 6.07 Å². The Bertz CT molecular complexity index is 509. The fourth-order valence-corrected chi connectivity index (χ4v) is 2.74. The molecule has 1 aromatic heterocycles. The number of thiophene rings is 1. The second-order valence-corrected chi connectivity index (χ2v) is 5.64. The smallest absolute Gasteiger partial charge is 0.272 e. The number of hydrogen-bond acceptors (Lipinski definition) is 7. The van der Waals surface area contributed by atoms with Gasteiger partial charge in [0, 0.05) is 6.07 Å². The van der Waals surface area contributed by atoms with Crippen LogP contribution in [0.1, 0.15) is 4.88 Å². The van der Waals surface area contributed by atoms with Gasteiger partial charge in [0.05, 0.1) is 21.8 Å². The molecule has 0 N–H and O–H groups in total. The Morgan fingerprint density at radius 2 is 2.35 bits per heavy atom. The first-order chi connectivity index (χ1) is 8.08. The Kier molecular flexibility index (Phi) is 3.50. The Labute approximate surface area is 109 Å². The molecule has 17 heavy (non-hydrogen) atoms. The molecule has 1 aromatic rings. The molecule has 0 spiro atoms. The summed E-state index contributed by atoms with van der Waals surface area (Å²) in [6, 6.07) is 2.97. The molecule has 0 aliphatic carbocycles. The first-order valence-corrected chi connectivity index (χ1v) is 6.57. The average Bonchev–Trinajstić information content (AvgIpc) is 2.85. The van der Waals surface area contributed by atoms with Crippen LogP contribution in [0.25, 0.3) is 0 Å². The van der Waals surface area contributed by atoms with Gasteiger partial charge >= 0.3 is 5.00 Å². The first-order valence-electron chi connectivity index (χ1n) is 4.36. The van der Waals surface area contributed by atoms with Crippen LogP contribution in [-0.2, 0) is 4.79 Å². The molecule has 0 atom stereocenters. The van der Waals surface area contributed by atoms with Gasteiger partial charge < -0.3 is 0 Å². The Balaban J connectivity index is 2.12. The van der Waals surface area contributed by atoms with Crippen molar-refractivity contribution in [2.45, 2.75) is 0 Å². The molecule has 0 saturated carbocycles. The lowest BCUT2D eigenvalue weighted by Crippen LogP contribution is -2.22. The molecule has 1 aliphatic heterocycles. The topological polar surface area (TPSA) is 75.8 Å². The highest BCUT2D eigenvalue weighted by molar-refractivity contribution is 8.23. The predicted molar refractivity (Wildman–Crippen MR) is 70.5 cm³/mol. The van der Waals surface area contributed by atoms with Crippen LogP contribution in [0.4, 0.5) is 5.00 Å². The van der Waals surface area contributed by atoms with Crippen molar-refractivity contribution < 1.29 is 9.72 Å². The van der Waals surface area contributed by atoms with Crippen molar-refractivity contribution in [3.8, 4) is 0 Å². The lowest BCUT2D eigenvalue weighted by molar-refractivity contribution is -0.380. The number of carbonyl (C=O) groups is 1. The zero-order valence-electron chi connectivity index (χ0n) is 8.23. The molecule has 1 saturated heterocycles. The van der Waals surface area contributed by atoms with Gasteiger partial charge in [-0.1, -0.05) is 35.3 Å². The van der Waals surface area contributed by atoms with E-state index < -0.39 is 4.92 Å². The van der Waals surface area contributed by atoms with Crippen LogP contribution in [0.2, 0.25) is 0 Å². The summed E-state index contributed by atoms with van der Waals surface area (Å²) in [5.41, 5.74) is 0. The van der Waals surface area contributed by atoms with Crippen molar-refractivity contribution in [2.24, 2.45) is 5.10 Å². The average molecular weight is 287 g/mol. The van der Waals surface area contributed by atoms with Crippen molar-refractivity contribution >= 4 is 56.8 Å². The van der Waals surface area contributed by atoms with Gasteiger partial charge in [-0.2, -0.15) is 10.1 Å². The first kappa shape index (κ1) is 12.1. The number of thiocarbonyl (C=S) groups is 1. The number of amides is 1. The summed E-state index contributed by atoms with van der Waals surface area (Å²) in [5.74, 6) is 0.114. The highest BCUT2D eigenvalue weighted by Crippen LogP contribution is 2.23. The number of rotatable bonds is 3. The largest absolute Gasteiger partial charge is 0.324 e. The van der Waals surface area contributed by atoms with Gasteiger partial charge in [-0.25, -0.2) is 0 Å². The maximum absolute atomic E-state index is 11.3. The second kappa shape index (κ2) is 4.90. The lowest BCUT2D eigenvalue weighted by atomic mass is 10.5. The fraction of sp³-hybridized carbons (Fsp3) is 0.125. The van der Waals surface area contributed by atoms with E-state index in [9.17, 15) is 14.9 Å². The minimum Gasteiger partial charge on any atom is -0.272 e. The normalized spacial score (nSPS) is 16.1. The van der Waals surface area contributed by atoms with E-state index in [0.29, 0.717) is 15.0 Å². The van der Waals surface area contributed by atoms with Crippen LogP contribution < -0.4 is 0 Å². The summed E-state index contributed by atoms with van der Waals surface area (Å²) < 4.78 is 0.400. The van der Waals surface area contributed by atoms with Crippen molar-refractivity contribution in [3.05, 3.63) is 27.1 Å². The number of carbonyl (C=O) groups excluding carboxylic acids is 1. The van der Waals surface area contributed by atoms with E-state index in [4.69, 9.17) is 12.2 Å². The molecule has 1 aliphatic rings. The predicted octanol–water partition coefficient (Wildman–Crippen LogP) is 1.85. The Hall–Kier alpha value is -1.32. The summed E-state index contributed by atoms with van der Waals surface area (Å²) in [7, 11) is 0. The van der Waals surface area contributed by atoms with Crippen LogP contribution in [0, 0.1) is 10.1 Å². The SMILES string of the molecule is O=C1CSC(=S)N1N=Cc1ccc([N+](=O)[O-])s1. The standard InChI is InChI=1S/C8H5N3O3S3/c12-6-4-16-8(15)10(6)9-3-5-1-2-7(17-5)11(13)14/h1-3H,4H2. The summed E-state index contributed by atoms with van der Waals surface area (Å²) in [6.45, 7) is 0. The van der Waals surface area contributed by atoms with Gasteiger partial charge in [0.15, 0.2) is 4.32 Å². The minimum absolute atomic E-state index is 0.0381. The molecule has 2 heterocycles. The van der Waals surface area contributed by atoms with Crippen LogP contribution in [0.5, 0.6) is 0 Å². The van der Waals surface area contributed by atoms with Crippen LogP contribution in [0.15, 0.2) is 17.2 Å². The van der Waals surface area contributed by atoms with E-state index in [1.165, 1.54) is 24.0 Å². The van der Waals surface area contributed by atoms with E-state index in [1.54, 1.807) is 6.07 Å². The Morgan fingerprint density at radius 3 is 2.88 bits per heavy atom. The number of hydrogen-bond donors (Lipinski definition) is 0. The number of nitrogens with zero attached hydrogens (tertiary/aromatic N) is 3. The van der Waals surface area contributed by atoms with Crippen LogP contribution in [0.3, 0.4) is 0 Å². The zero-order valence-corrected chi connectivity index (χ0v) is 10.7. The fourth-order valence-electron chi connectivity index (χ4n) is 1.08. The van der Waals surface area contributed by atoms with E-state index in [0.717, 1.165) is 16.3 Å². The molecule has 9 heteroatoms. The van der Waals surface area contributed by atoms with E-state index in [1.807, 2.05) is 0 Å². The van der Waals surface area contributed by atoms with E-state index >= 15 is 0 Å². The number of thioether (sulfide) groups is 1. The van der Waals surface area contributed by atoms with Crippen molar-refractivity contribution in [1.29, 1.82) is 0 Å². The van der Waals surface area contributed by atoms with Crippen molar-refractivity contribution in [2.75, 3.05) is 5.75 Å². The lowest BCUT2D eigenvalue weighted by Gasteiger charge is -2.05. The number of hydrazone groups is 1. The third-order valence-electron chi connectivity index (χ3n) is 1.82. The highest BCUT2D eigenvalue weighted by atomic mass is 32.2. The molecule has 6 nitrogen and oxygen atoms in total. The molecular formula is C8H5N3O3S3. The molecular weight excluding hydrogens is 282 g/mol. The summed E-state index contributed by atoms with van der Waals surface area (Å²) >= 11 is 7.17. The maximum atomic E-state index is 11.3. The van der Waals surface area contributed by atoms with Gasteiger partial charge in [0.2, 0.25) is 0 Å². The van der Waals surface area contributed by atoms with E-state index in [-0.39, 0.29) is 10.9 Å². The molecule has 0 unspecified atom stereocenters.